The van der Waals surface area contributed by atoms with Gasteiger partial charge in [-0.2, -0.15) is 0 Å². The third-order valence-corrected chi connectivity index (χ3v) is 8.94. The van der Waals surface area contributed by atoms with Crippen molar-refractivity contribution < 1.29 is 58.2 Å². The summed E-state index contributed by atoms with van der Waals surface area (Å²) in [6, 6.07) is -9.84. The molecule has 0 fully saturated rings. The zero-order chi connectivity index (χ0) is 47.9. The molecule has 18 N–H and O–H groups in total. The van der Waals surface area contributed by atoms with Crippen LogP contribution in [0.1, 0.15) is 106 Å². The zero-order valence-corrected chi connectivity index (χ0v) is 36.4. The molecule has 0 aliphatic heterocycles. The van der Waals surface area contributed by atoms with Crippen LogP contribution in [0.25, 0.3) is 0 Å². The highest BCUT2D eigenvalue weighted by molar-refractivity contribution is 5.97. The molecule has 0 saturated heterocycles. The number of hydrogen-bond acceptors (Lipinski definition) is 12. The highest BCUT2D eigenvalue weighted by Gasteiger charge is 2.34. The Bertz CT molecular complexity index is 1600. The van der Waals surface area contributed by atoms with Crippen LogP contribution in [0.5, 0.6) is 0 Å². The summed E-state index contributed by atoms with van der Waals surface area (Å²) in [5.41, 5.74) is 27.0. The van der Waals surface area contributed by atoms with E-state index in [1.165, 1.54) is 0 Å². The number of nitrogens with one attached hydrogen (secondary N) is 6. The lowest BCUT2D eigenvalue weighted by Gasteiger charge is -2.28. The average Bonchev–Trinajstić information content (AvgIpc) is 3.13. The standard InChI is InChI=1S/C38H68N12O12/c1-18(2)14-25(48-31(55)21(39)17-30(53)54)34(58)45-22(9-11-28(40)51)32(56)49-26(15-19(3)4)35(59)46-23(10-12-29(41)52)33(57)50-27(16-20(5)6)36(60)47-24(37(61)62)8-7-13-44-38(42)43/h18-27H,7-17,39H2,1-6H3,(H2,40,51)(H2,41,52)(H,45,58)(H,46,59)(H,47,60)(H,48,55)(H,49,56)(H,50,57)(H,53,54)(H,61,62)(H4,42,43,44)/t21-,22-,23-,24-,25-,26-,27-/m0/s1. The number of nitrogens with two attached hydrogens (primary N) is 5. The van der Waals surface area contributed by atoms with E-state index < -0.39 is 121 Å². The SMILES string of the molecule is CC(C)C[C@H](NC(=O)[C@H](CCC(N)=O)NC(=O)[C@H](CC(C)C)NC(=O)[C@H](CCC(N)=O)NC(=O)[C@H](CC(C)C)NC(=O)[C@@H](N)CC(=O)O)C(=O)N[C@@H](CCCN=C(N)N)C(=O)O. The molecule has 0 aromatic rings. The molecular formula is C38H68N12O12. The Morgan fingerprint density at radius 2 is 0.806 bits per heavy atom. The second-order valence-electron chi connectivity index (χ2n) is 16.3. The maximum Gasteiger partial charge on any atom is 0.326 e. The highest BCUT2D eigenvalue weighted by atomic mass is 16.4. The minimum atomic E-state index is -1.50. The summed E-state index contributed by atoms with van der Waals surface area (Å²) in [6.07, 6.45) is -1.99. The molecule has 0 aromatic carbocycles. The van der Waals surface area contributed by atoms with Crippen LogP contribution in [0.15, 0.2) is 4.99 Å². The van der Waals surface area contributed by atoms with Crippen LogP contribution in [0.4, 0.5) is 0 Å². The van der Waals surface area contributed by atoms with Crippen LogP contribution < -0.4 is 60.6 Å². The Kier molecular flexibility index (Phi) is 25.7. The van der Waals surface area contributed by atoms with Gasteiger partial charge < -0.3 is 70.8 Å². The number of primary amides is 2. The van der Waals surface area contributed by atoms with E-state index in [0.717, 1.165) is 0 Å². The Balaban J connectivity index is 6.50. The number of carboxylic acid groups (broad SMARTS) is 2. The number of rotatable bonds is 31. The van der Waals surface area contributed by atoms with E-state index in [0.29, 0.717) is 0 Å². The molecule has 0 aliphatic rings. The normalized spacial score (nSPS) is 14.5. The van der Waals surface area contributed by atoms with Crippen molar-refractivity contribution in [1.82, 2.24) is 31.9 Å². The van der Waals surface area contributed by atoms with Gasteiger partial charge in [-0.1, -0.05) is 41.5 Å². The van der Waals surface area contributed by atoms with Crippen LogP contribution in [0.2, 0.25) is 0 Å². The van der Waals surface area contributed by atoms with Crippen molar-refractivity contribution in [1.29, 1.82) is 0 Å². The zero-order valence-electron chi connectivity index (χ0n) is 36.4. The quantitative estimate of drug-likeness (QED) is 0.0183. The lowest BCUT2D eigenvalue weighted by atomic mass is 9.99. The van der Waals surface area contributed by atoms with E-state index in [9.17, 15) is 53.1 Å². The maximum atomic E-state index is 13.9. The number of carbonyl (C=O) groups is 10. The summed E-state index contributed by atoms with van der Waals surface area (Å²) in [4.78, 5) is 132. The number of nitrogens with zero attached hydrogens (tertiary/aromatic N) is 1. The second-order valence-corrected chi connectivity index (χ2v) is 16.3. The van der Waals surface area contributed by atoms with Gasteiger partial charge >= 0.3 is 11.9 Å². The monoisotopic (exact) mass is 885 g/mol. The number of guanidine groups is 1. The van der Waals surface area contributed by atoms with Crippen LogP contribution in [-0.4, -0.2) is 124 Å². The fraction of sp³-hybridized carbons (Fsp3) is 0.711. The van der Waals surface area contributed by atoms with Crippen molar-refractivity contribution in [3.63, 3.8) is 0 Å². The topological polar surface area (TPSA) is 426 Å². The summed E-state index contributed by atoms with van der Waals surface area (Å²) in [7, 11) is 0. The molecule has 24 nitrogen and oxygen atoms in total. The van der Waals surface area contributed by atoms with Gasteiger partial charge in [-0.25, -0.2) is 4.79 Å². The average molecular weight is 885 g/mol. The first kappa shape index (κ1) is 55.9. The van der Waals surface area contributed by atoms with E-state index in [1.54, 1.807) is 41.5 Å². The molecule has 0 rings (SSSR count). The summed E-state index contributed by atoms with van der Waals surface area (Å²) in [5, 5.41) is 33.6. The molecular weight excluding hydrogens is 816 g/mol. The number of aliphatic carboxylic acids is 2. The Labute approximate surface area is 360 Å². The van der Waals surface area contributed by atoms with Gasteiger partial charge in [-0.3, -0.25) is 48.1 Å². The van der Waals surface area contributed by atoms with Crippen molar-refractivity contribution in [2.75, 3.05) is 6.54 Å². The Morgan fingerprint density at radius 1 is 0.484 bits per heavy atom. The minimum Gasteiger partial charge on any atom is -0.481 e. The number of aliphatic imine (C=N–C) groups is 1. The van der Waals surface area contributed by atoms with Crippen molar-refractivity contribution >= 4 is 65.2 Å². The first-order valence-electron chi connectivity index (χ1n) is 20.4. The summed E-state index contributed by atoms with van der Waals surface area (Å²) in [6.45, 7) is 10.5. The Hall–Kier alpha value is -6.07. The second kappa shape index (κ2) is 28.5. The third-order valence-electron chi connectivity index (χ3n) is 8.94. The van der Waals surface area contributed by atoms with Gasteiger partial charge in [0.25, 0.3) is 0 Å². The van der Waals surface area contributed by atoms with Gasteiger partial charge in [-0.15, -0.1) is 0 Å². The van der Waals surface area contributed by atoms with Crippen LogP contribution in [-0.2, 0) is 47.9 Å². The first-order chi connectivity index (χ1) is 28.7. The number of carboxylic acids is 2. The van der Waals surface area contributed by atoms with Crippen LogP contribution >= 0.6 is 0 Å². The van der Waals surface area contributed by atoms with Crippen molar-refractivity contribution in [2.45, 2.75) is 148 Å². The van der Waals surface area contributed by atoms with E-state index in [1.807, 2.05) is 0 Å². The molecule has 0 heterocycles. The van der Waals surface area contributed by atoms with Gasteiger partial charge in [0.2, 0.25) is 47.3 Å². The van der Waals surface area contributed by atoms with Gasteiger partial charge in [0, 0.05) is 19.4 Å². The molecule has 0 aliphatic carbocycles. The number of amides is 8. The number of carbonyl (C=O) groups excluding carboxylic acids is 8. The molecule has 0 bridgehead atoms. The van der Waals surface area contributed by atoms with Crippen molar-refractivity contribution in [2.24, 2.45) is 51.4 Å². The van der Waals surface area contributed by atoms with Gasteiger partial charge in [0.1, 0.15) is 36.3 Å². The minimum absolute atomic E-state index is 0.0240. The summed E-state index contributed by atoms with van der Waals surface area (Å²) in [5.74, 6) is -10.6. The van der Waals surface area contributed by atoms with Crippen LogP contribution in [0, 0.1) is 17.8 Å². The van der Waals surface area contributed by atoms with E-state index in [-0.39, 0.29) is 75.2 Å². The molecule has 62 heavy (non-hydrogen) atoms. The molecule has 8 amide bonds. The van der Waals surface area contributed by atoms with Gasteiger partial charge in [0.05, 0.1) is 12.5 Å². The molecule has 0 radical (unpaired) electrons. The largest absolute Gasteiger partial charge is 0.481 e. The first-order valence-corrected chi connectivity index (χ1v) is 20.4. The molecule has 0 spiro atoms. The van der Waals surface area contributed by atoms with Crippen molar-refractivity contribution in [3.05, 3.63) is 0 Å². The Morgan fingerprint density at radius 3 is 1.11 bits per heavy atom. The summed E-state index contributed by atoms with van der Waals surface area (Å²) < 4.78 is 0. The van der Waals surface area contributed by atoms with Crippen molar-refractivity contribution in [3.8, 4) is 0 Å². The van der Waals surface area contributed by atoms with Crippen LogP contribution in [0.3, 0.4) is 0 Å². The fourth-order valence-electron chi connectivity index (χ4n) is 5.90. The smallest absolute Gasteiger partial charge is 0.326 e. The maximum absolute atomic E-state index is 13.9. The molecule has 7 atom stereocenters. The fourth-order valence-corrected chi connectivity index (χ4v) is 5.90. The van der Waals surface area contributed by atoms with E-state index >= 15 is 0 Å². The van der Waals surface area contributed by atoms with E-state index in [4.69, 9.17) is 33.8 Å². The highest BCUT2D eigenvalue weighted by Crippen LogP contribution is 2.12. The van der Waals surface area contributed by atoms with E-state index in [2.05, 4.69) is 36.9 Å². The predicted molar refractivity (Wildman–Crippen MR) is 225 cm³/mol. The number of hydrogen-bond donors (Lipinski definition) is 13. The van der Waals surface area contributed by atoms with Gasteiger partial charge in [-0.05, 0) is 62.7 Å². The molecule has 352 valence electrons. The lowest BCUT2D eigenvalue weighted by Crippen LogP contribution is -2.60. The molecule has 0 aromatic heterocycles. The molecule has 0 saturated carbocycles. The third kappa shape index (κ3) is 24.3. The lowest BCUT2D eigenvalue weighted by molar-refractivity contribution is -0.142. The predicted octanol–water partition coefficient (Wildman–Crippen LogP) is -3.50. The molecule has 0 unspecified atom stereocenters. The summed E-state index contributed by atoms with van der Waals surface area (Å²) >= 11 is 0. The van der Waals surface area contributed by atoms with Gasteiger partial charge in [0.15, 0.2) is 5.96 Å². The molecule has 24 heteroatoms.